The maximum Gasteiger partial charge on any atom is 0.387 e. The molecule has 7 rings (SSSR count). The van der Waals surface area contributed by atoms with Gasteiger partial charge < -0.3 is 19.4 Å². The molecular formula is C27H23F2N5O3. The van der Waals surface area contributed by atoms with Crippen molar-refractivity contribution in [3.05, 3.63) is 71.4 Å². The fourth-order valence-corrected chi connectivity index (χ4v) is 5.89. The zero-order chi connectivity index (χ0) is 25.1. The van der Waals surface area contributed by atoms with Crippen LogP contribution >= 0.6 is 0 Å². The van der Waals surface area contributed by atoms with Crippen LogP contribution in [0.5, 0.6) is 5.75 Å². The van der Waals surface area contributed by atoms with Crippen LogP contribution < -0.4 is 10.1 Å². The van der Waals surface area contributed by atoms with Crippen molar-refractivity contribution in [1.82, 2.24) is 24.8 Å². The number of hydrogen-bond donors (Lipinski definition) is 1. The standard InChI is InChI=1S/C27H23F2N5O3/c28-27(29)37-20-9-8-14-22(23(20)16-10-11-30-24(31-16)21-7-3-4-12-36-21)19-13-17(33-26(14)35)25-32-15-5-1-2-6-18(15)34(19)25/h1-2,5-6,8-11,17,19,21,27H,3-4,7,12-13H2,(H,33,35)/t17-,19-,21?/m1/s1. The summed E-state index contributed by atoms with van der Waals surface area (Å²) in [4.78, 5) is 27.3. The van der Waals surface area contributed by atoms with Gasteiger partial charge in [0, 0.05) is 29.5 Å². The molecule has 8 nitrogen and oxygen atoms in total. The minimum absolute atomic E-state index is 0.0351. The number of para-hydroxylation sites is 2. The molecule has 1 fully saturated rings. The number of benzene rings is 2. The third-order valence-electron chi connectivity index (χ3n) is 7.41. The van der Waals surface area contributed by atoms with Crippen LogP contribution in [-0.2, 0) is 4.74 Å². The molecule has 5 heterocycles. The zero-order valence-electron chi connectivity index (χ0n) is 19.7. The molecular weight excluding hydrogens is 480 g/mol. The topological polar surface area (TPSA) is 91.2 Å². The largest absolute Gasteiger partial charge is 0.434 e. The number of carbonyl (C=O) groups is 1. The lowest BCUT2D eigenvalue weighted by molar-refractivity contribution is -0.0495. The quantitative estimate of drug-likeness (QED) is 0.416. The van der Waals surface area contributed by atoms with Gasteiger partial charge in [0.25, 0.3) is 5.91 Å². The summed E-state index contributed by atoms with van der Waals surface area (Å²) < 4.78 is 40.2. The Morgan fingerprint density at radius 3 is 2.84 bits per heavy atom. The summed E-state index contributed by atoms with van der Waals surface area (Å²) in [5.74, 6) is 0.923. The summed E-state index contributed by atoms with van der Waals surface area (Å²) in [6, 6.07) is 11.8. The number of ether oxygens (including phenoxy) is 2. The Balaban J connectivity index is 1.47. The fraction of sp³-hybridized carbons (Fsp3) is 0.333. The summed E-state index contributed by atoms with van der Waals surface area (Å²) >= 11 is 0. The normalized spacial score (nSPS) is 22.5. The average Bonchev–Trinajstić information content (AvgIpc) is 3.41. The van der Waals surface area contributed by atoms with Gasteiger partial charge in [-0.15, -0.1) is 0 Å². The number of alkyl halides is 2. The summed E-state index contributed by atoms with van der Waals surface area (Å²) in [6.07, 6.45) is 4.65. The Labute approximate surface area is 210 Å². The predicted octanol–water partition coefficient (Wildman–Crippen LogP) is 5.11. The first-order valence-electron chi connectivity index (χ1n) is 12.4. The van der Waals surface area contributed by atoms with Crippen molar-refractivity contribution >= 4 is 16.9 Å². The van der Waals surface area contributed by atoms with Gasteiger partial charge in [-0.25, -0.2) is 15.0 Å². The molecule has 37 heavy (non-hydrogen) atoms. The highest BCUT2D eigenvalue weighted by molar-refractivity contribution is 6.00. The van der Waals surface area contributed by atoms with Crippen molar-refractivity contribution in [3.8, 4) is 17.0 Å². The molecule has 1 saturated heterocycles. The molecule has 0 radical (unpaired) electrons. The number of nitrogens with zero attached hydrogens (tertiary/aromatic N) is 4. The van der Waals surface area contributed by atoms with Crippen LogP contribution in [0, 0.1) is 0 Å². The molecule has 188 valence electrons. The maximum absolute atomic E-state index is 13.6. The molecule has 0 aliphatic carbocycles. The number of fused-ring (bicyclic) bond motifs is 9. The first-order chi connectivity index (χ1) is 18.1. The van der Waals surface area contributed by atoms with E-state index in [0.29, 0.717) is 41.2 Å². The van der Waals surface area contributed by atoms with Gasteiger partial charge in [0.15, 0.2) is 5.82 Å². The van der Waals surface area contributed by atoms with Gasteiger partial charge in [0.2, 0.25) is 0 Å². The summed E-state index contributed by atoms with van der Waals surface area (Å²) in [6.45, 7) is -2.42. The lowest BCUT2D eigenvalue weighted by Gasteiger charge is -2.24. The van der Waals surface area contributed by atoms with Crippen molar-refractivity contribution < 1.29 is 23.0 Å². The van der Waals surface area contributed by atoms with Crippen molar-refractivity contribution in [2.75, 3.05) is 6.61 Å². The minimum atomic E-state index is -3.04. The molecule has 1 unspecified atom stereocenters. The maximum atomic E-state index is 13.6. The summed E-state index contributed by atoms with van der Waals surface area (Å²) in [5, 5.41) is 3.08. The average molecular weight is 504 g/mol. The van der Waals surface area contributed by atoms with Gasteiger partial charge in [-0.05, 0) is 56.0 Å². The third-order valence-corrected chi connectivity index (χ3v) is 7.41. The van der Waals surface area contributed by atoms with Crippen LogP contribution in [0.25, 0.3) is 22.3 Å². The van der Waals surface area contributed by atoms with Gasteiger partial charge in [-0.2, -0.15) is 8.78 Å². The van der Waals surface area contributed by atoms with E-state index >= 15 is 0 Å². The van der Waals surface area contributed by atoms with Crippen molar-refractivity contribution in [2.45, 2.75) is 50.5 Å². The molecule has 3 aliphatic rings. The van der Waals surface area contributed by atoms with E-state index < -0.39 is 6.61 Å². The molecule has 3 atom stereocenters. The van der Waals surface area contributed by atoms with Crippen LogP contribution in [0.2, 0.25) is 0 Å². The molecule has 4 aromatic rings. The number of carbonyl (C=O) groups excluding carboxylic acids is 1. The van der Waals surface area contributed by atoms with Gasteiger partial charge in [-0.3, -0.25) is 4.79 Å². The van der Waals surface area contributed by atoms with E-state index in [1.807, 2.05) is 24.3 Å². The molecule has 2 bridgehead atoms. The van der Waals surface area contributed by atoms with Crippen molar-refractivity contribution in [1.29, 1.82) is 0 Å². The van der Waals surface area contributed by atoms with Crippen LogP contribution in [0.3, 0.4) is 0 Å². The molecule has 2 aromatic carbocycles. The number of imidazole rings is 1. The van der Waals surface area contributed by atoms with E-state index in [9.17, 15) is 13.6 Å². The Hall–Kier alpha value is -3.92. The van der Waals surface area contributed by atoms with E-state index in [2.05, 4.69) is 14.9 Å². The van der Waals surface area contributed by atoms with Gasteiger partial charge in [0.1, 0.15) is 17.7 Å². The summed E-state index contributed by atoms with van der Waals surface area (Å²) in [5.41, 5.74) is 3.50. The Morgan fingerprint density at radius 2 is 2.00 bits per heavy atom. The van der Waals surface area contributed by atoms with E-state index in [-0.39, 0.29) is 29.8 Å². The number of hydrogen-bond acceptors (Lipinski definition) is 6. The molecule has 2 aromatic heterocycles. The van der Waals surface area contributed by atoms with Crippen LogP contribution in [0.4, 0.5) is 8.78 Å². The van der Waals surface area contributed by atoms with Crippen molar-refractivity contribution in [3.63, 3.8) is 0 Å². The second-order valence-corrected chi connectivity index (χ2v) is 9.54. The highest BCUT2D eigenvalue weighted by Crippen LogP contribution is 2.49. The highest BCUT2D eigenvalue weighted by Gasteiger charge is 2.42. The van der Waals surface area contributed by atoms with E-state index in [4.69, 9.17) is 19.4 Å². The lowest BCUT2D eigenvalue weighted by Crippen LogP contribution is -2.28. The third kappa shape index (κ3) is 3.58. The number of halogens is 2. The van der Waals surface area contributed by atoms with E-state index in [0.717, 1.165) is 36.1 Å². The van der Waals surface area contributed by atoms with Gasteiger partial charge in [-0.1, -0.05) is 12.1 Å². The van der Waals surface area contributed by atoms with E-state index in [1.165, 1.54) is 6.07 Å². The SMILES string of the molecule is O=C1N[C@@H]2C[C@H](c3c1ccc(OC(F)F)c3-c1ccnc(C3CCCCO3)n1)n1c2nc2ccccc21. The molecule has 0 spiro atoms. The number of nitrogens with one attached hydrogen (secondary N) is 1. The number of aromatic nitrogens is 4. The number of rotatable bonds is 4. The minimum Gasteiger partial charge on any atom is -0.434 e. The fourth-order valence-electron chi connectivity index (χ4n) is 5.89. The monoisotopic (exact) mass is 503 g/mol. The number of amides is 1. The Kier molecular flexibility index (Phi) is 5.17. The Morgan fingerprint density at radius 1 is 1.11 bits per heavy atom. The van der Waals surface area contributed by atoms with E-state index in [1.54, 1.807) is 18.3 Å². The first kappa shape index (κ1) is 22.3. The van der Waals surface area contributed by atoms with Gasteiger partial charge >= 0.3 is 6.61 Å². The molecule has 3 aliphatic heterocycles. The van der Waals surface area contributed by atoms with Crippen molar-refractivity contribution in [2.24, 2.45) is 0 Å². The van der Waals surface area contributed by atoms with Crippen LogP contribution in [-0.4, -0.2) is 38.6 Å². The molecule has 1 N–H and O–H groups in total. The molecule has 0 saturated carbocycles. The second kappa shape index (κ2) is 8.58. The van der Waals surface area contributed by atoms with Crippen LogP contribution in [0.1, 0.15) is 71.4 Å². The predicted molar refractivity (Wildman–Crippen MR) is 129 cm³/mol. The second-order valence-electron chi connectivity index (χ2n) is 9.54. The lowest BCUT2D eigenvalue weighted by atomic mass is 9.90. The highest BCUT2D eigenvalue weighted by atomic mass is 19.3. The zero-order valence-corrected chi connectivity index (χ0v) is 19.7. The molecule has 10 heteroatoms. The Bertz CT molecular complexity index is 1530. The van der Waals surface area contributed by atoms with Crippen LogP contribution in [0.15, 0.2) is 48.7 Å². The first-order valence-corrected chi connectivity index (χ1v) is 12.4. The summed E-state index contributed by atoms with van der Waals surface area (Å²) in [7, 11) is 0. The molecule has 1 amide bonds. The van der Waals surface area contributed by atoms with Gasteiger partial charge in [0.05, 0.1) is 28.8 Å². The smallest absolute Gasteiger partial charge is 0.387 e.